The fraction of sp³-hybridized carbons (Fsp3) is 1.00. The molecule has 0 saturated carbocycles. The van der Waals surface area contributed by atoms with E-state index in [9.17, 15) is 0 Å². The van der Waals surface area contributed by atoms with Gasteiger partial charge in [-0.2, -0.15) is 0 Å². The van der Waals surface area contributed by atoms with Crippen molar-refractivity contribution in [3.63, 3.8) is 0 Å². The maximum Gasteiger partial charge on any atom is -0.00176 e. The van der Waals surface area contributed by atoms with Crippen molar-refractivity contribution in [2.45, 2.75) is 54.4 Å². The highest BCUT2D eigenvalue weighted by Gasteiger charge is 2.16. The van der Waals surface area contributed by atoms with Gasteiger partial charge in [0.1, 0.15) is 0 Å². The summed E-state index contributed by atoms with van der Waals surface area (Å²) < 4.78 is 0. The van der Waals surface area contributed by atoms with Crippen LogP contribution >= 0.6 is 0 Å². The van der Waals surface area contributed by atoms with Crippen LogP contribution < -0.4 is 5.32 Å². The Morgan fingerprint density at radius 1 is 1.23 bits per heavy atom. The van der Waals surface area contributed by atoms with Gasteiger partial charge in [0.25, 0.3) is 0 Å². The van der Waals surface area contributed by atoms with Crippen molar-refractivity contribution in [1.29, 1.82) is 0 Å². The van der Waals surface area contributed by atoms with Gasteiger partial charge in [0, 0.05) is 0 Å². The van der Waals surface area contributed by atoms with Gasteiger partial charge in [-0.25, -0.2) is 0 Å². The second-order valence-electron chi connectivity index (χ2n) is 3.70. The molecule has 1 saturated heterocycles. The van der Waals surface area contributed by atoms with Crippen LogP contribution in [0, 0.1) is 11.8 Å². The molecule has 1 fully saturated rings. The van der Waals surface area contributed by atoms with Crippen LogP contribution in [0.2, 0.25) is 0 Å². The Morgan fingerprint density at radius 2 is 1.69 bits per heavy atom. The summed E-state index contributed by atoms with van der Waals surface area (Å²) >= 11 is 0. The normalized spacial score (nSPS) is 20.1. The summed E-state index contributed by atoms with van der Waals surface area (Å²) in [5.74, 6) is 1.83. The van der Waals surface area contributed by atoms with Gasteiger partial charge in [0.2, 0.25) is 0 Å². The third-order valence-corrected chi connectivity index (χ3v) is 2.04. The molecule has 1 unspecified atom stereocenters. The first-order valence-electron chi connectivity index (χ1n) is 5.93. The SMILES string of the molecule is CC.CC(C)C1CCNC1.CCC. The minimum absolute atomic E-state index is 0.880. The quantitative estimate of drug-likeness (QED) is 0.660. The predicted molar refractivity (Wildman–Crippen MR) is 63.1 cm³/mol. The molecule has 1 heterocycles. The van der Waals surface area contributed by atoms with E-state index in [1.54, 1.807) is 0 Å². The zero-order chi connectivity index (χ0) is 10.7. The van der Waals surface area contributed by atoms with E-state index >= 15 is 0 Å². The van der Waals surface area contributed by atoms with Gasteiger partial charge >= 0.3 is 0 Å². The molecule has 13 heavy (non-hydrogen) atoms. The molecular formula is C12H29N. The van der Waals surface area contributed by atoms with Gasteiger partial charge in [0.05, 0.1) is 0 Å². The molecule has 1 N–H and O–H groups in total. The van der Waals surface area contributed by atoms with Gasteiger partial charge in [-0.3, -0.25) is 0 Å². The molecule has 1 atom stereocenters. The minimum Gasteiger partial charge on any atom is -0.316 e. The van der Waals surface area contributed by atoms with Crippen molar-refractivity contribution >= 4 is 0 Å². The van der Waals surface area contributed by atoms with E-state index in [0.717, 1.165) is 11.8 Å². The number of rotatable bonds is 1. The first kappa shape index (κ1) is 15.4. The predicted octanol–water partition coefficient (Wildman–Crippen LogP) is 3.69. The van der Waals surface area contributed by atoms with Crippen LogP contribution in [0.5, 0.6) is 0 Å². The van der Waals surface area contributed by atoms with E-state index in [1.807, 2.05) is 13.8 Å². The second-order valence-corrected chi connectivity index (χ2v) is 3.70. The monoisotopic (exact) mass is 187 g/mol. The molecule has 1 nitrogen and oxygen atoms in total. The van der Waals surface area contributed by atoms with Crippen LogP contribution in [-0.4, -0.2) is 13.1 Å². The lowest BCUT2D eigenvalue weighted by molar-refractivity contribution is 0.419. The van der Waals surface area contributed by atoms with Crippen LogP contribution in [0.25, 0.3) is 0 Å². The second kappa shape index (κ2) is 12.0. The summed E-state index contributed by atoms with van der Waals surface area (Å²) in [6, 6.07) is 0. The lowest BCUT2D eigenvalue weighted by Crippen LogP contribution is -2.12. The average Bonchev–Trinajstić information content (AvgIpc) is 2.61. The highest BCUT2D eigenvalue weighted by Crippen LogP contribution is 2.16. The van der Waals surface area contributed by atoms with Gasteiger partial charge in [-0.15, -0.1) is 0 Å². The molecule has 0 aromatic rings. The molecule has 0 spiro atoms. The summed E-state index contributed by atoms with van der Waals surface area (Å²) in [7, 11) is 0. The van der Waals surface area contributed by atoms with Crippen molar-refractivity contribution in [2.75, 3.05) is 13.1 Å². The van der Waals surface area contributed by atoms with E-state index in [0.29, 0.717) is 0 Å². The molecule has 0 aliphatic carbocycles. The van der Waals surface area contributed by atoms with Crippen LogP contribution in [-0.2, 0) is 0 Å². The Labute approximate surface area is 85.3 Å². The summed E-state index contributed by atoms with van der Waals surface area (Å²) in [5, 5.41) is 3.35. The van der Waals surface area contributed by atoms with E-state index in [1.165, 1.54) is 25.9 Å². The fourth-order valence-electron chi connectivity index (χ4n) is 1.25. The first-order chi connectivity index (χ1) is 6.22. The third kappa shape index (κ3) is 9.88. The van der Waals surface area contributed by atoms with Gasteiger partial charge in [-0.1, -0.05) is 48.0 Å². The summed E-state index contributed by atoms with van der Waals surface area (Å²) in [5.41, 5.74) is 0. The number of hydrogen-bond acceptors (Lipinski definition) is 1. The van der Waals surface area contributed by atoms with Crippen LogP contribution in [0.3, 0.4) is 0 Å². The molecule has 0 aromatic heterocycles. The number of hydrogen-bond donors (Lipinski definition) is 1. The fourth-order valence-corrected chi connectivity index (χ4v) is 1.25. The van der Waals surface area contributed by atoms with Gasteiger partial charge < -0.3 is 5.32 Å². The lowest BCUT2D eigenvalue weighted by Gasteiger charge is -2.10. The maximum atomic E-state index is 3.35. The standard InChI is InChI=1S/C7H15N.C3H8.C2H6/c1-6(2)7-3-4-8-5-7;1-3-2;1-2/h6-8H,3-5H2,1-2H3;3H2,1-2H3;1-2H3. The van der Waals surface area contributed by atoms with Crippen LogP contribution in [0.15, 0.2) is 0 Å². The van der Waals surface area contributed by atoms with E-state index in [-0.39, 0.29) is 0 Å². The molecule has 0 aromatic carbocycles. The molecule has 0 bridgehead atoms. The van der Waals surface area contributed by atoms with Crippen LogP contribution in [0.4, 0.5) is 0 Å². The molecule has 1 rings (SSSR count). The first-order valence-corrected chi connectivity index (χ1v) is 5.93. The van der Waals surface area contributed by atoms with Gasteiger partial charge in [-0.05, 0) is 31.3 Å². The largest absolute Gasteiger partial charge is 0.316 e. The average molecular weight is 187 g/mol. The van der Waals surface area contributed by atoms with Crippen LogP contribution in [0.1, 0.15) is 54.4 Å². The van der Waals surface area contributed by atoms with Crippen molar-refractivity contribution < 1.29 is 0 Å². The smallest absolute Gasteiger partial charge is 0.00176 e. The summed E-state index contributed by atoms with van der Waals surface area (Å²) in [6.07, 6.45) is 2.64. The lowest BCUT2D eigenvalue weighted by atomic mass is 9.96. The Bertz CT molecular complexity index is 73.2. The third-order valence-electron chi connectivity index (χ3n) is 2.04. The maximum absolute atomic E-state index is 3.35. The highest BCUT2D eigenvalue weighted by atomic mass is 14.9. The summed E-state index contributed by atoms with van der Waals surface area (Å²) in [4.78, 5) is 0. The summed E-state index contributed by atoms with van der Waals surface area (Å²) in [6.45, 7) is 15.3. The molecule has 1 aliphatic rings. The molecular weight excluding hydrogens is 158 g/mol. The van der Waals surface area contributed by atoms with Crippen molar-refractivity contribution in [2.24, 2.45) is 11.8 Å². The molecule has 82 valence electrons. The van der Waals surface area contributed by atoms with Crippen molar-refractivity contribution in [1.82, 2.24) is 5.32 Å². The Kier molecular flexibility index (Phi) is 14.2. The topological polar surface area (TPSA) is 12.0 Å². The van der Waals surface area contributed by atoms with E-state index in [4.69, 9.17) is 0 Å². The molecule has 1 heteroatoms. The Balaban J connectivity index is 0. The Hall–Kier alpha value is -0.0400. The molecule has 1 aliphatic heterocycles. The minimum atomic E-state index is 0.880. The van der Waals surface area contributed by atoms with Gasteiger partial charge in [0.15, 0.2) is 0 Å². The van der Waals surface area contributed by atoms with E-state index in [2.05, 4.69) is 33.0 Å². The zero-order valence-corrected chi connectivity index (χ0v) is 10.5. The molecule has 0 radical (unpaired) electrons. The van der Waals surface area contributed by atoms with E-state index < -0.39 is 0 Å². The zero-order valence-electron chi connectivity index (χ0n) is 10.5. The highest BCUT2D eigenvalue weighted by molar-refractivity contribution is 4.72. The number of nitrogens with one attached hydrogen (secondary N) is 1. The van der Waals surface area contributed by atoms with Crippen molar-refractivity contribution in [3.8, 4) is 0 Å². The molecule has 0 amide bonds. The van der Waals surface area contributed by atoms with Crippen molar-refractivity contribution in [3.05, 3.63) is 0 Å². The Morgan fingerprint density at radius 3 is 1.85 bits per heavy atom.